The molecule has 0 bridgehead atoms. The highest BCUT2D eigenvalue weighted by Gasteiger charge is 2.19. The van der Waals surface area contributed by atoms with Crippen LogP contribution in [0.5, 0.6) is 11.5 Å². The smallest absolute Gasteiger partial charge is 0.223 e. The molecular weight excluding hydrogens is 248 g/mol. The van der Waals surface area contributed by atoms with Gasteiger partial charge in [-0.15, -0.1) is 0 Å². The standard InChI is InChI=1S/C14H14O3S/c1-3-11-8-10(14(16)18-11)7-9-5-4-6-12(17-2)13(9)15/h4-8,15H,3H2,1-2H3/b10-7-. The number of rotatable bonds is 3. The summed E-state index contributed by atoms with van der Waals surface area (Å²) in [7, 11) is 1.50. The van der Waals surface area contributed by atoms with Crippen LogP contribution in [-0.4, -0.2) is 17.3 Å². The number of para-hydroxylation sites is 1. The molecule has 3 nitrogen and oxygen atoms in total. The summed E-state index contributed by atoms with van der Waals surface area (Å²) in [5, 5.41) is 9.97. The van der Waals surface area contributed by atoms with Gasteiger partial charge in [0, 0.05) is 11.1 Å². The molecule has 0 amide bonds. The molecule has 1 N–H and O–H groups in total. The monoisotopic (exact) mass is 262 g/mol. The maximum atomic E-state index is 11.7. The third kappa shape index (κ3) is 2.43. The summed E-state index contributed by atoms with van der Waals surface area (Å²) in [6.07, 6.45) is 4.40. The molecule has 2 rings (SSSR count). The molecule has 0 radical (unpaired) electrons. The molecular formula is C14H14O3S. The lowest BCUT2D eigenvalue weighted by Gasteiger charge is -2.05. The minimum atomic E-state index is 0.0223. The Hall–Kier alpha value is -1.68. The van der Waals surface area contributed by atoms with Crippen molar-refractivity contribution < 1.29 is 14.6 Å². The van der Waals surface area contributed by atoms with Crippen LogP contribution >= 0.6 is 11.8 Å². The molecule has 0 unspecified atom stereocenters. The molecule has 0 aromatic heterocycles. The fraction of sp³-hybridized carbons (Fsp3) is 0.214. The van der Waals surface area contributed by atoms with E-state index in [2.05, 4.69) is 0 Å². The average molecular weight is 262 g/mol. The zero-order valence-electron chi connectivity index (χ0n) is 10.3. The number of hydrogen-bond acceptors (Lipinski definition) is 4. The summed E-state index contributed by atoms with van der Waals surface area (Å²) in [5.74, 6) is 0.464. The fourth-order valence-electron chi connectivity index (χ4n) is 1.70. The van der Waals surface area contributed by atoms with Crippen LogP contribution in [0.3, 0.4) is 0 Å². The molecule has 1 heterocycles. The molecule has 0 aliphatic carbocycles. The Morgan fingerprint density at radius 1 is 1.44 bits per heavy atom. The van der Waals surface area contributed by atoms with E-state index in [0.29, 0.717) is 16.9 Å². The van der Waals surface area contributed by atoms with E-state index in [-0.39, 0.29) is 10.9 Å². The normalized spacial score (nSPS) is 17.1. The molecule has 18 heavy (non-hydrogen) atoms. The van der Waals surface area contributed by atoms with Gasteiger partial charge in [0.15, 0.2) is 11.5 Å². The Morgan fingerprint density at radius 3 is 2.83 bits per heavy atom. The average Bonchev–Trinajstić information content (AvgIpc) is 2.73. The molecule has 4 heteroatoms. The zero-order chi connectivity index (χ0) is 13.1. The van der Waals surface area contributed by atoms with Crippen molar-refractivity contribution in [2.24, 2.45) is 0 Å². The first kappa shape index (κ1) is 12.8. The second-order valence-corrected chi connectivity index (χ2v) is 4.95. The van der Waals surface area contributed by atoms with Gasteiger partial charge in [0.2, 0.25) is 5.12 Å². The Labute approximate surface area is 110 Å². The highest BCUT2D eigenvalue weighted by molar-refractivity contribution is 8.17. The number of methoxy groups -OCH3 is 1. The van der Waals surface area contributed by atoms with Crippen molar-refractivity contribution in [3.63, 3.8) is 0 Å². The van der Waals surface area contributed by atoms with Crippen LogP contribution in [0.25, 0.3) is 6.08 Å². The summed E-state index contributed by atoms with van der Waals surface area (Å²) in [6, 6.07) is 5.21. The number of allylic oxidation sites excluding steroid dienone is 2. The number of benzene rings is 1. The van der Waals surface area contributed by atoms with Crippen LogP contribution in [0, 0.1) is 0 Å². The van der Waals surface area contributed by atoms with Crippen molar-refractivity contribution in [2.45, 2.75) is 13.3 Å². The van der Waals surface area contributed by atoms with Crippen molar-refractivity contribution in [1.82, 2.24) is 0 Å². The van der Waals surface area contributed by atoms with Gasteiger partial charge in [-0.25, -0.2) is 0 Å². The van der Waals surface area contributed by atoms with Crippen molar-refractivity contribution in [3.8, 4) is 11.5 Å². The largest absolute Gasteiger partial charge is 0.504 e. The van der Waals surface area contributed by atoms with Crippen LogP contribution in [0.2, 0.25) is 0 Å². The van der Waals surface area contributed by atoms with Gasteiger partial charge < -0.3 is 9.84 Å². The van der Waals surface area contributed by atoms with Gasteiger partial charge in [-0.1, -0.05) is 30.8 Å². The number of carbonyl (C=O) groups is 1. The Kier molecular flexibility index (Phi) is 3.77. The summed E-state index contributed by atoms with van der Waals surface area (Å²) in [6.45, 7) is 2.01. The minimum Gasteiger partial charge on any atom is -0.504 e. The number of phenols is 1. The van der Waals surface area contributed by atoms with E-state index in [1.165, 1.54) is 18.9 Å². The summed E-state index contributed by atoms with van der Waals surface area (Å²) in [4.78, 5) is 12.8. The Bertz CT molecular complexity index is 544. The van der Waals surface area contributed by atoms with Gasteiger partial charge in [0.1, 0.15) is 0 Å². The Balaban J connectivity index is 2.39. The molecule has 94 valence electrons. The van der Waals surface area contributed by atoms with Crippen molar-refractivity contribution in [3.05, 3.63) is 40.3 Å². The van der Waals surface area contributed by atoms with Gasteiger partial charge in [0.25, 0.3) is 0 Å². The van der Waals surface area contributed by atoms with E-state index in [1.54, 1.807) is 24.3 Å². The molecule has 1 aliphatic rings. The van der Waals surface area contributed by atoms with E-state index in [9.17, 15) is 9.90 Å². The second kappa shape index (κ2) is 5.31. The van der Waals surface area contributed by atoms with Crippen molar-refractivity contribution in [1.29, 1.82) is 0 Å². The lowest BCUT2D eigenvalue weighted by atomic mass is 10.1. The van der Waals surface area contributed by atoms with Crippen LogP contribution in [-0.2, 0) is 4.79 Å². The molecule has 0 saturated carbocycles. The lowest BCUT2D eigenvalue weighted by Crippen LogP contribution is -1.89. The van der Waals surface area contributed by atoms with Gasteiger partial charge >= 0.3 is 0 Å². The summed E-state index contributed by atoms with van der Waals surface area (Å²) < 4.78 is 5.03. The van der Waals surface area contributed by atoms with Crippen molar-refractivity contribution in [2.75, 3.05) is 7.11 Å². The molecule has 0 saturated heterocycles. The fourth-order valence-corrected chi connectivity index (χ4v) is 2.51. The van der Waals surface area contributed by atoms with Crippen molar-refractivity contribution >= 4 is 23.0 Å². The van der Waals surface area contributed by atoms with Crippen LogP contribution in [0.4, 0.5) is 0 Å². The molecule has 0 spiro atoms. The van der Waals surface area contributed by atoms with E-state index >= 15 is 0 Å². The topological polar surface area (TPSA) is 46.5 Å². The third-order valence-corrected chi connectivity index (χ3v) is 3.78. The number of carbonyl (C=O) groups excluding carboxylic acids is 1. The number of aromatic hydroxyl groups is 1. The molecule has 1 aromatic carbocycles. The number of thioether (sulfide) groups is 1. The molecule has 0 atom stereocenters. The van der Waals surface area contributed by atoms with Gasteiger partial charge in [0.05, 0.1) is 7.11 Å². The molecule has 0 fully saturated rings. The Morgan fingerprint density at radius 2 is 2.22 bits per heavy atom. The molecule has 1 aliphatic heterocycles. The first-order valence-corrected chi connectivity index (χ1v) is 6.47. The van der Waals surface area contributed by atoms with Crippen LogP contribution in [0.1, 0.15) is 18.9 Å². The van der Waals surface area contributed by atoms with E-state index in [0.717, 1.165) is 11.3 Å². The third-order valence-electron chi connectivity index (χ3n) is 2.69. The number of ether oxygens (including phenoxy) is 1. The highest BCUT2D eigenvalue weighted by atomic mass is 32.2. The zero-order valence-corrected chi connectivity index (χ0v) is 11.1. The highest BCUT2D eigenvalue weighted by Crippen LogP contribution is 2.36. The van der Waals surface area contributed by atoms with E-state index in [1.807, 2.05) is 13.0 Å². The maximum Gasteiger partial charge on any atom is 0.223 e. The van der Waals surface area contributed by atoms with E-state index in [4.69, 9.17) is 4.74 Å². The maximum absolute atomic E-state index is 11.7. The lowest BCUT2D eigenvalue weighted by molar-refractivity contribution is -0.107. The summed E-state index contributed by atoms with van der Waals surface area (Å²) in [5.41, 5.74) is 1.20. The molecule has 1 aromatic rings. The van der Waals surface area contributed by atoms with Gasteiger partial charge in [-0.2, -0.15) is 0 Å². The quantitative estimate of drug-likeness (QED) is 0.848. The predicted octanol–water partition coefficient (Wildman–Crippen LogP) is 3.35. The summed E-state index contributed by atoms with van der Waals surface area (Å²) >= 11 is 1.25. The van der Waals surface area contributed by atoms with Crippen LogP contribution < -0.4 is 4.74 Å². The predicted molar refractivity (Wildman–Crippen MR) is 73.6 cm³/mol. The van der Waals surface area contributed by atoms with Gasteiger partial charge in [-0.05, 0) is 29.5 Å². The SMILES string of the molecule is CCC1=C/C(=C/c2cccc(OC)c2O)C(=O)S1. The number of phenolic OH excluding ortho intramolecular Hbond substituents is 1. The van der Waals surface area contributed by atoms with Gasteiger partial charge in [-0.3, -0.25) is 4.79 Å². The number of hydrogen-bond donors (Lipinski definition) is 1. The first-order chi connectivity index (χ1) is 8.65. The minimum absolute atomic E-state index is 0.0223. The first-order valence-electron chi connectivity index (χ1n) is 5.66. The van der Waals surface area contributed by atoms with E-state index < -0.39 is 0 Å². The van der Waals surface area contributed by atoms with Crippen LogP contribution in [0.15, 0.2) is 34.8 Å². The second-order valence-electron chi connectivity index (χ2n) is 3.85.